The van der Waals surface area contributed by atoms with Crippen molar-refractivity contribution in [3.63, 3.8) is 0 Å². The number of rotatable bonds is 7. The van der Waals surface area contributed by atoms with Gasteiger partial charge in [0, 0.05) is 25.0 Å². The quantitative estimate of drug-likeness (QED) is 0.430. The fraction of sp³-hybridized carbons (Fsp3) is 0.250. The number of halogens is 4. The summed E-state index contributed by atoms with van der Waals surface area (Å²) in [5.41, 5.74) is 1.26. The van der Waals surface area contributed by atoms with E-state index in [0.717, 1.165) is 11.8 Å². The van der Waals surface area contributed by atoms with Crippen LogP contribution in [0.3, 0.4) is 0 Å². The molecule has 3 aromatic rings. The van der Waals surface area contributed by atoms with Crippen molar-refractivity contribution in [2.45, 2.75) is 30.4 Å². The Morgan fingerprint density at radius 1 is 1.11 bits per heavy atom. The molecular formula is C24H22ClF3N4O4S. The number of piperidine rings is 1. The molecule has 3 N–H and O–H groups in total. The number of likely N-dealkylation sites (tertiary alicyclic amines) is 1. The highest BCUT2D eigenvalue weighted by molar-refractivity contribution is 7.89. The predicted octanol–water partition coefficient (Wildman–Crippen LogP) is 4.89. The van der Waals surface area contributed by atoms with Gasteiger partial charge in [-0.15, -0.1) is 0 Å². The molecule has 8 nitrogen and oxygen atoms in total. The van der Waals surface area contributed by atoms with Crippen molar-refractivity contribution in [3.8, 4) is 5.75 Å². The fourth-order valence-electron chi connectivity index (χ4n) is 4.14. The van der Waals surface area contributed by atoms with Gasteiger partial charge in [0.15, 0.2) is 5.03 Å². The second-order valence-corrected chi connectivity index (χ2v) is 10.2. The Balaban J connectivity index is 1.59. The summed E-state index contributed by atoms with van der Waals surface area (Å²) in [4.78, 5) is 18.8. The normalized spacial score (nSPS) is 14.6. The highest BCUT2D eigenvalue weighted by Gasteiger charge is 2.29. The number of hydrogen-bond acceptors (Lipinski definition) is 6. The number of carbonyl (C=O) groups excluding carboxylic acids is 1. The minimum Gasteiger partial charge on any atom is -0.435 e. The third-order valence-corrected chi connectivity index (χ3v) is 7.29. The van der Waals surface area contributed by atoms with Gasteiger partial charge in [0.25, 0.3) is 15.9 Å². The maximum Gasteiger partial charge on any atom is 0.387 e. The van der Waals surface area contributed by atoms with Gasteiger partial charge < -0.3 is 15.0 Å². The van der Waals surface area contributed by atoms with Gasteiger partial charge in [-0.2, -0.15) is 8.78 Å². The van der Waals surface area contributed by atoms with Crippen molar-refractivity contribution in [3.05, 3.63) is 76.7 Å². The zero-order chi connectivity index (χ0) is 26.7. The second kappa shape index (κ2) is 11.0. The molecule has 37 heavy (non-hydrogen) atoms. The van der Waals surface area contributed by atoms with E-state index in [9.17, 15) is 26.4 Å². The molecule has 13 heteroatoms. The van der Waals surface area contributed by atoms with Crippen LogP contribution in [0.25, 0.3) is 0 Å². The summed E-state index contributed by atoms with van der Waals surface area (Å²) < 4.78 is 66.4. The zero-order valence-electron chi connectivity index (χ0n) is 19.2. The van der Waals surface area contributed by atoms with E-state index >= 15 is 0 Å². The van der Waals surface area contributed by atoms with Crippen molar-refractivity contribution in [1.29, 1.82) is 0 Å². The molecule has 4 rings (SSSR count). The SMILES string of the molecule is NS(=O)(=O)c1ncc(C(=O)N2CCC(c3ccc(F)cc3)CC2)c(Nc2ccc(OC(F)F)cc2)c1Cl. The Kier molecular flexibility index (Phi) is 7.90. The number of nitrogens with two attached hydrogens (primary N) is 1. The van der Waals surface area contributed by atoms with E-state index in [1.54, 1.807) is 17.0 Å². The number of primary sulfonamides is 1. The summed E-state index contributed by atoms with van der Waals surface area (Å²) in [6.45, 7) is -2.20. The Morgan fingerprint density at radius 3 is 2.30 bits per heavy atom. The average molecular weight is 555 g/mol. The predicted molar refractivity (Wildman–Crippen MR) is 131 cm³/mol. The van der Waals surface area contributed by atoms with E-state index in [1.807, 2.05) is 0 Å². The molecule has 0 unspecified atom stereocenters. The van der Waals surface area contributed by atoms with Crippen LogP contribution in [0.5, 0.6) is 5.75 Å². The number of pyridine rings is 1. The average Bonchev–Trinajstić information content (AvgIpc) is 2.85. The highest BCUT2D eigenvalue weighted by atomic mass is 35.5. The molecule has 2 aromatic carbocycles. The Bertz CT molecular complexity index is 1380. The van der Waals surface area contributed by atoms with Crippen molar-refractivity contribution in [2.75, 3.05) is 18.4 Å². The van der Waals surface area contributed by atoms with Gasteiger partial charge in [-0.3, -0.25) is 4.79 Å². The first-order chi connectivity index (χ1) is 17.5. The lowest BCUT2D eigenvalue weighted by molar-refractivity contribution is -0.0498. The van der Waals surface area contributed by atoms with Crippen LogP contribution >= 0.6 is 11.6 Å². The summed E-state index contributed by atoms with van der Waals surface area (Å²) in [5.74, 6) is -0.692. The molecular weight excluding hydrogens is 533 g/mol. The van der Waals surface area contributed by atoms with E-state index < -0.39 is 27.6 Å². The molecule has 0 aliphatic carbocycles. The summed E-state index contributed by atoms with van der Waals surface area (Å²) >= 11 is 6.34. The first-order valence-electron chi connectivity index (χ1n) is 11.1. The molecule has 0 atom stereocenters. The number of aromatic nitrogens is 1. The topological polar surface area (TPSA) is 115 Å². The van der Waals surface area contributed by atoms with Crippen LogP contribution in [0.4, 0.5) is 24.5 Å². The number of carbonyl (C=O) groups is 1. The lowest BCUT2D eigenvalue weighted by atomic mass is 9.89. The van der Waals surface area contributed by atoms with Gasteiger partial charge >= 0.3 is 6.61 Å². The third-order valence-electron chi connectivity index (χ3n) is 5.96. The lowest BCUT2D eigenvalue weighted by Crippen LogP contribution is -2.38. The molecule has 0 bridgehead atoms. The van der Waals surface area contributed by atoms with E-state index in [1.165, 1.54) is 36.4 Å². The first-order valence-corrected chi connectivity index (χ1v) is 13.0. The van der Waals surface area contributed by atoms with E-state index in [-0.39, 0.29) is 33.8 Å². The monoisotopic (exact) mass is 554 g/mol. The van der Waals surface area contributed by atoms with Crippen LogP contribution in [0.1, 0.15) is 34.7 Å². The van der Waals surface area contributed by atoms with Crippen molar-refractivity contribution in [2.24, 2.45) is 5.14 Å². The number of nitrogens with one attached hydrogen (secondary N) is 1. The summed E-state index contributed by atoms with van der Waals surface area (Å²) in [6, 6.07) is 11.6. The standard InChI is InChI=1S/C24H22ClF3N4O4S/c25-20-21(31-17-5-7-18(8-6-17)36-24(27)28)19(13-30-22(20)37(29,34)35)23(33)32-11-9-15(10-12-32)14-1-3-16(26)4-2-14/h1-8,13,15,24H,9-12H2,(H,30,31)(H2,29,34,35). The number of amides is 1. The Morgan fingerprint density at radius 2 is 1.73 bits per heavy atom. The van der Waals surface area contributed by atoms with Crippen LogP contribution < -0.4 is 15.2 Å². The number of alkyl halides is 2. The molecule has 1 aliphatic heterocycles. The van der Waals surface area contributed by atoms with Crippen LogP contribution in [0.2, 0.25) is 5.02 Å². The third kappa shape index (κ3) is 6.32. The van der Waals surface area contributed by atoms with Crippen LogP contribution in [-0.2, 0) is 10.0 Å². The maximum atomic E-state index is 13.4. The minimum atomic E-state index is -4.31. The molecule has 1 aliphatic rings. The molecule has 1 amide bonds. The van der Waals surface area contributed by atoms with Crippen molar-refractivity contribution < 1.29 is 31.1 Å². The largest absolute Gasteiger partial charge is 0.435 e. The Labute approximate surface area is 216 Å². The summed E-state index contributed by atoms with van der Waals surface area (Å²) in [5, 5.41) is 7.09. The molecule has 0 saturated carbocycles. The molecule has 196 valence electrons. The Hall–Kier alpha value is -3.35. The zero-order valence-corrected chi connectivity index (χ0v) is 20.8. The number of ether oxygens (including phenoxy) is 1. The van der Waals surface area contributed by atoms with Crippen molar-refractivity contribution in [1.82, 2.24) is 9.88 Å². The molecule has 1 aromatic heterocycles. The first kappa shape index (κ1) is 26.7. The molecule has 1 fully saturated rings. The van der Waals surface area contributed by atoms with Crippen molar-refractivity contribution >= 4 is 38.9 Å². The number of anilines is 2. The molecule has 0 radical (unpaired) electrons. The van der Waals surface area contributed by atoms with Gasteiger partial charge in [0.1, 0.15) is 16.6 Å². The molecule has 0 spiro atoms. The van der Waals surface area contributed by atoms with Gasteiger partial charge in [-0.1, -0.05) is 23.7 Å². The number of benzene rings is 2. The van der Waals surface area contributed by atoms with Gasteiger partial charge in [-0.05, 0) is 60.7 Å². The lowest BCUT2D eigenvalue weighted by Gasteiger charge is -2.32. The fourth-order valence-corrected chi connectivity index (χ4v) is 5.21. The number of nitrogens with zero attached hydrogens (tertiary/aromatic N) is 2. The van der Waals surface area contributed by atoms with E-state index in [2.05, 4.69) is 15.0 Å². The number of sulfonamides is 1. The van der Waals surface area contributed by atoms with Crippen LogP contribution in [0, 0.1) is 5.82 Å². The van der Waals surface area contributed by atoms with Gasteiger partial charge in [0.2, 0.25) is 0 Å². The van der Waals surface area contributed by atoms with Gasteiger partial charge in [0.05, 0.1) is 11.3 Å². The van der Waals surface area contributed by atoms with E-state index in [0.29, 0.717) is 31.6 Å². The minimum absolute atomic E-state index is 0.00513. The smallest absolute Gasteiger partial charge is 0.387 e. The number of hydrogen-bond donors (Lipinski definition) is 2. The summed E-state index contributed by atoms with van der Waals surface area (Å²) in [7, 11) is -4.31. The van der Waals surface area contributed by atoms with E-state index in [4.69, 9.17) is 16.7 Å². The van der Waals surface area contributed by atoms with Gasteiger partial charge in [-0.25, -0.2) is 22.9 Å². The molecule has 1 saturated heterocycles. The maximum absolute atomic E-state index is 13.4. The van der Waals surface area contributed by atoms with Crippen LogP contribution in [0.15, 0.2) is 59.8 Å². The summed E-state index contributed by atoms with van der Waals surface area (Å²) in [6.07, 6.45) is 2.36. The molecule has 2 heterocycles. The highest BCUT2D eigenvalue weighted by Crippen LogP contribution is 2.35. The second-order valence-electron chi connectivity index (χ2n) is 8.36. The van der Waals surface area contributed by atoms with Crippen LogP contribution in [-0.4, -0.2) is 43.9 Å².